The first-order valence-corrected chi connectivity index (χ1v) is 8.04. The number of benzene rings is 1. The number of hydrogen-bond donors (Lipinski definition) is 2. The van der Waals surface area contributed by atoms with Crippen molar-refractivity contribution in [2.24, 2.45) is 0 Å². The van der Waals surface area contributed by atoms with Crippen LogP contribution in [0.3, 0.4) is 0 Å². The highest BCUT2D eigenvalue weighted by Crippen LogP contribution is 2.23. The first-order valence-electron chi connectivity index (χ1n) is 8.04. The molecule has 1 heterocycles. The van der Waals surface area contributed by atoms with E-state index in [0.717, 1.165) is 5.56 Å². The Balaban J connectivity index is 2.07. The Labute approximate surface area is 151 Å². The molecule has 1 fully saturated rings. The molecule has 1 amide bonds. The van der Waals surface area contributed by atoms with Crippen molar-refractivity contribution < 1.29 is 28.6 Å². The number of ether oxygens (including phenoxy) is 3. The molecule has 0 saturated carbocycles. The Morgan fingerprint density at radius 1 is 1.23 bits per heavy atom. The van der Waals surface area contributed by atoms with Gasteiger partial charge in [-0.2, -0.15) is 0 Å². The minimum absolute atomic E-state index is 0.211. The summed E-state index contributed by atoms with van der Waals surface area (Å²) in [5.41, 5.74) is 1.66. The number of amides is 1. The molecular formula is C18H22N2O6. The van der Waals surface area contributed by atoms with Crippen molar-refractivity contribution in [3.8, 4) is 0 Å². The summed E-state index contributed by atoms with van der Waals surface area (Å²) in [5, 5.41) is 5.60. The summed E-state index contributed by atoms with van der Waals surface area (Å²) in [5.74, 6) is -3.01. The number of aryl methyl sites for hydroxylation is 1. The molecule has 0 aliphatic carbocycles. The van der Waals surface area contributed by atoms with E-state index < -0.39 is 17.7 Å². The monoisotopic (exact) mass is 362 g/mol. The highest BCUT2D eigenvalue weighted by Gasteiger charge is 2.38. The minimum atomic E-state index is -1.28. The van der Waals surface area contributed by atoms with Crippen molar-refractivity contribution in [1.29, 1.82) is 0 Å². The second kappa shape index (κ2) is 8.01. The van der Waals surface area contributed by atoms with Gasteiger partial charge in [0.1, 0.15) is 0 Å². The number of methoxy groups -OCH3 is 1. The average molecular weight is 362 g/mol. The number of esters is 2. The van der Waals surface area contributed by atoms with E-state index in [1.54, 1.807) is 32.2 Å². The van der Waals surface area contributed by atoms with Crippen molar-refractivity contribution >= 4 is 23.5 Å². The number of carbonyl (C=O) groups excluding carboxylic acids is 3. The summed E-state index contributed by atoms with van der Waals surface area (Å²) in [6.45, 7) is 5.61. The Kier molecular flexibility index (Phi) is 5.99. The Hall–Kier alpha value is -2.87. The van der Waals surface area contributed by atoms with E-state index in [1.807, 2.05) is 0 Å². The number of carbonyl (C=O) groups is 3. The van der Waals surface area contributed by atoms with E-state index in [4.69, 9.17) is 14.2 Å². The van der Waals surface area contributed by atoms with E-state index in [9.17, 15) is 14.4 Å². The second-order valence-electron chi connectivity index (χ2n) is 6.16. The van der Waals surface area contributed by atoms with Crippen LogP contribution in [0.15, 0.2) is 30.0 Å². The molecule has 0 unspecified atom stereocenters. The largest absolute Gasteiger partial charge is 0.419 e. The zero-order valence-corrected chi connectivity index (χ0v) is 15.2. The Morgan fingerprint density at radius 3 is 2.46 bits per heavy atom. The molecule has 1 aromatic rings. The fourth-order valence-corrected chi connectivity index (χ4v) is 2.26. The lowest BCUT2D eigenvalue weighted by Crippen LogP contribution is -2.42. The number of anilines is 1. The summed E-state index contributed by atoms with van der Waals surface area (Å²) in [4.78, 5) is 35.8. The third kappa shape index (κ3) is 4.82. The van der Waals surface area contributed by atoms with Crippen LogP contribution in [0, 0.1) is 6.92 Å². The van der Waals surface area contributed by atoms with Crippen LogP contribution >= 0.6 is 0 Å². The average Bonchev–Trinajstić information content (AvgIpc) is 2.54. The molecular weight excluding hydrogens is 340 g/mol. The maximum Gasteiger partial charge on any atom is 0.350 e. The summed E-state index contributed by atoms with van der Waals surface area (Å²) in [6, 6.07) is 5.02. The first kappa shape index (κ1) is 19.5. The smallest absolute Gasteiger partial charge is 0.350 e. The van der Waals surface area contributed by atoms with Crippen LogP contribution in [0.4, 0.5) is 5.69 Å². The molecule has 140 valence electrons. The van der Waals surface area contributed by atoms with Crippen molar-refractivity contribution in [1.82, 2.24) is 5.32 Å². The molecule has 1 aliphatic rings. The third-order valence-corrected chi connectivity index (χ3v) is 3.57. The Morgan fingerprint density at radius 2 is 1.88 bits per heavy atom. The maximum atomic E-state index is 12.0. The van der Waals surface area contributed by atoms with Gasteiger partial charge < -0.3 is 24.8 Å². The lowest BCUT2D eigenvalue weighted by atomic mass is 10.1. The fraction of sp³-hybridized carbons (Fsp3) is 0.389. The molecule has 1 aromatic carbocycles. The van der Waals surface area contributed by atoms with Crippen LogP contribution in [-0.4, -0.2) is 43.9 Å². The predicted octanol–water partition coefficient (Wildman–Crippen LogP) is 1.50. The van der Waals surface area contributed by atoms with Gasteiger partial charge in [0, 0.05) is 45.0 Å². The predicted molar refractivity (Wildman–Crippen MR) is 93.4 cm³/mol. The standard InChI is InChI=1S/C18H22N2O6/c1-11-9-12(15(21)19-7-8-24-4)5-6-14(11)20-10-13-16(22)25-18(2,3)26-17(13)23/h5-6,9-10,20H,7-8H2,1-4H3,(H,19,21). The van der Waals surface area contributed by atoms with E-state index in [-0.39, 0.29) is 11.5 Å². The van der Waals surface area contributed by atoms with Crippen molar-refractivity contribution in [2.75, 3.05) is 25.6 Å². The molecule has 8 heteroatoms. The van der Waals surface area contributed by atoms with Gasteiger partial charge in [0.05, 0.1) is 6.61 Å². The van der Waals surface area contributed by atoms with Crippen LogP contribution in [0.5, 0.6) is 0 Å². The molecule has 2 N–H and O–H groups in total. The van der Waals surface area contributed by atoms with Gasteiger partial charge in [-0.05, 0) is 30.7 Å². The summed E-state index contributed by atoms with van der Waals surface area (Å²) >= 11 is 0. The maximum absolute atomic E-state index is 12.0. The highest BCUT2D eigenvalue weighted by molar-refractivity contribution is 6.15. The van der Waals surface area contributed by atoms with Gasteiger partial charge in [-0.25, -0.2) is 9.59 Å². The van der Waals surface area contributed by atoms with Crippen LogP contribution in [0.25, 0.3) is 0 Å². The minimum Gasteiger partial charge on any atom is -0.419 e. The van der Waals surface area contributed by atoms with Crippen LogP contribution in [-0.2, 0) is 23.8 Å². The normalized spacial score (nSPS) is 15.8. The Bertz CT molecular complexity index is 732. The molecule has 8 nitrogen and oxygen atoms in total. The SMILES string of the molecule is COCCNC(=O)c1ccc(NC=C2C(=O)OC(C)(C)OC2=O)c(C)c1. The van der Waals surface area contributed by atoms with E-state index in [0.29, 0.717) is 24.4 Å². The number of cyclic esters (lactones) is 2. The van der Waals surface area contributed by atoms with Crippen LogP contribution in [0.2, 0.25) is 0 Å². The van der Waals surface area contributed by atoms with Crippen LogP contribution < -0.4 is 10.6 Å². The molecule has 0 spiro atoms. The fourth-order valence-electron chi connectivity index (χ4n) is 2.26. The molecule has 2 rings (SSSR count). The van der Waals surface area contributed by atoms with E-state index >= 15 is 0 Å². The zero-order chi connectivity index (χ0) is 19.3. The summed E-state index contributed by atoms with van der Waals surface area (Å²) in [6.07, 6.45) is 1.24. The van der Waals surface area contributed by atoms with Gasteiger partial charge in [-0.3, -0.25) is 4.79 Å². The quantitative estimate of drug-likeness (QED) is 0.342. The molecule has 1 saturated heterocycles. The lowest BCUT2D eigenvalue weighted by Gasteiger charge is -2.29. The van der Waals surface area contributed by atoms with Crippen molar-refractivity contribution in [3.05, 3.63) is 41.1 Å². The van der Waals surface area contributed by atoms with E-state index in [2.05, 4.69) is 10.6 Å². The number of rotatable bonds is 6. The van der Waals surface area contributed by atoms with Gasteiger partial charge in [-0.15, -0.1) is 0 Å². The molecule has 0 aromatic heterocycles. The zero-order valence-electron chi connectivity index (χ0n) is 15.2. The first-order chi connectivity index (χ1) is 12.2. The summed E-state index contributed by atoms with van der Waals surface area (Å²) < 4.78 is 14.9. The van der Waals surface area contributed by atoms with E-state index in [1.165, 1.54) is 20.0 Å². The topological polar surface area (TPSA) is 103 Å². The molecule has 1 aliphatic heterocycles. The van der Waals surface area contributed by atoms with Crippen molar-refractivity contribution in [3.63, 3.8) is 0 Å². The third-order valence-electron chi connectivity index (χ3n) is 3.57. The van der Waals surface area contributed by atoms with Gasteiger partial charge in [0.15, 0.2) is 5.57 Å². The van der Waals surface area contributed by atoms with Gasteiger partial charge in [0.2, 0.25) is 0 Å². The van der Waals surface area contributed by atoms with Crippen LogP contribution in [0.1, 0.15) is 29.8 Å². The molecule has 0 radical (unpaired) electrons. The number of nitrogens with one attached hydrogen (secondary N) is 2. The molecule has 0 bridgehead atoms. The van der Waals surface area contributed by atoms with Gasteiger partial charge >= 0.3 is 11.9 Å². The lowest BCUT2D eigenvalue weighted by molar-refractivity contribution is -0.222. The van der Waals surface area contributed by atoms with Crippen molar-refractivity contribution in [2.45, 2.75) is 26.6 Å². The second-order valence-corrected chi connectivity index (χ2v) is 6.16. The van der Waals surface area contributed by atoms with Gasteiger partial charge in [0.25, 0.3) is 11.7 Å². The van der Waals surface area contributed by atoms with Gasteiger partial charge in [-0.1, -0.05) is 0 Å². The summed E-state index contributed by atoms with van der Waals surface area (Å²) in [7, 11) is 1.56. The molecule has 0 atom stereocenters. The molecule has 26 heavy (non-hydrogen) atoms. The highest BCUT2D eigenvalue weighted by atomic mass is 16.7. The number of hydrogen-bond acceptors (Lipinski definition) is 7.